The highest BCUT2D eigenvalue weighted by molar-refractivity contribution is 5.68. The molecule has 4 N–H and O–H groups in total. The molecule has 0 atom stereocenters. The molecule has 1 fully saturated rings. The van der Waals surface area contributed by atoms with E-state index >= 15 is 0 Å². The number of pyridine rings is 1. The van der Waals surface area contributed by atoms with Crippen molar-refractivity contribution in [2.45, 2.75) is 19.3 Å². The third-order valence-corrected chi connectivity index (χ3v) is 4.80. The third-order valence-electron chi connectivity index (χ3n) is 4.80. The summed E-state index contributed by atoms with van der Waals surface area (Å²) in [5.74, 6) is 2.42. The van der Waals surface area contributed by atoms with Gasteiger partial charge in [0.1, 0.15) is 5.82 Å². The Morgan fingerprint density at radius 2 is 1.84 bits per heavy atom. The van der Waals surface area contributed by atoms with Gasteiger partial charge in [-0.3, -0.25) is 0 Å². The van der Waals surface area contributed by atoms with Crippen LogP contribution in [-0.2, 0) is 6.42 Å². The zero-order valence-corrected chi connectivity index (χ0v) is 16.7. The van der Waals surface area contributed by atoms with E-state index in [9.17, 15) is 0 Å². The van der Waals surface area contributed by atoms with Gasteiger partial charge in [0.25, 0.3) is 5.89 Å². The van der Waals surface area contributed by atoms with Crippen molar-refractivity contribution < 1.29 is 4.52 Å². The number of para-hydroxylation sites is 1. The van der Waals surface area contributed by atoms with Gasteiger partial charge in [0.05, 0.1) is 12.1 Å². The molecule has 10 nitrogen and oxygen atoms in total. The van der Waals surface area contributed by atoms with Gasteiger partial charge in [-0.05, 0) is 43.0 Å². The lowest BCUT2D eigenvalue weighted by atomic mass is 10.2. The summed E-state index contributed by atoms with van der Waals surface area (Å²) in [7, 11) is 0. The van der Waals surface area contributed by atoms with Crippen LogP contribution in [0.25, 0.3) is 11.6 Å². The first kappa shape index (κ1) is 18.9. The molecule has 1 aliphatic rings. The van der Waals surface area contributed by atoms with Crippen molar-refractivity contribution in [3.63, 3.8) is 0 Å². The molecular formula is C21H21N9O. The first-order valence-electron chi connectivity index (χ1n) is 10.1. The van der Waals surface area contributed by atoms with Crippen LogP contribution >= 0.6 is 0 Å². The van der Waals surface area contributed by atoms with Gasteiger partial charge in [0.15, 0.2) is 11.5 Å². The Balaban J connectivity index is 1.33. The summed E-state index contributed by atoms with van der Waals surface area (Å²) in [5, 5.41) is 10.6. The monoisotopic (exact) mass is 415 g/mol. The van der Waals surface area contributed by atoms with Gasteiger partial charge >= 0.3 is 0 Å². The van der Waals surface area contributed by atoms with Gasteiger partial charge < -0.3 is 20.9 Å². The van der Waals surface area contributed by atoms with E-state index in [0.29, 0.717) is 29.2 Å². The molecule has 3 heterocycles. The first-order valence-corrected chi connectivity index (χ1v) is 10.1. The Morgan fingerprint density at radius 3 is 2.68 bits per heavy atom. The Kier molecular flexibility index (Phi) is 5.09. The maximum Gasteiger partial charge on any atom is 0.278 e. The average molecular weight is 415 g/mol. The largest absolute Gasteiger partial charge is 0.383 e. The van der Waals surface area contributed by atoms with Crippen LogP contribution in [0.2, 0.25) is 0 Å². The van der Waals surface area contributed by atoms with E-state index in [2.05, 4.69) is 40.7 Å². The molecule has 1 saturated carbocycles. The van der Waals surface area contributed by atoms with Crippen molar-refractivity contribution in [3.05, 3.63) is 60.3 Å². The Hall–Kier alpha value is -4.08. The molecule has 5 rings (SSSR count). The summed E-state index contributed by atoms with van der Waals surface area (Å²) in [6.07, 6.45) is 4.49. The van der Waals surface area contributed by atoms with Gasteiger partial charge in [-0.25, -0.2) is 4.98 Å². The van der Waals surface area contributed by atoms with Crippen LogP contribution in [0.4, 0.5) is 23.3 Å². The van der Waals surface area contributed by atoms with Crippen molar-refractivity contribution in [3.8, 4) is 11.6 Å². The van der Waals surface area contributed by atoms with E-state index in [-0.39, 0.29) is 12.4 Å². The second-order valence-electron chi connectivity index (χ2n) is 7.34. The van der Waals surface area contributed by atoms with Gasteiger partial charge in [-0.15, -0.1) is 0 Å². The second-order valence-corrected chi connectivity index (χ2v) is 7.34. The molecule has 1 aromatic carbocycles. The van der Waals surface area contributed by atoms with Gasteiger partial charge in [-0.1, -0.05) is 23.4 Å². The van der Waals surface area contributed by atoms with Crippen LogP contribution in [0.5, 0.6) is 0 Å². The van der Waals surface area contributed by atoms with Crippen LogP contribution in [0.15, 0.2) is 53.2 Å². The molecule has 0 saturated heterocycles. The minimum Gasteiger partial charge on any atom is -0.383 e. The van der Waals surface area contributed by atoms with E-state index in [0.717, 1.165) is 23.8 Å². The number of aromatic nitrogens is 6. The number of nitrogen functional groups attached to an aromatic ring is 1. The Morgan fingerprint density at radius 1 is 0.968 bits per heavy atom. The van der Waals surface area contributed by atoms with Crippen molar-refractivity contribution in [2.75, 3.05) is 22.9 Å². The van der Waals surface area contributed by atoms with Gasteiger partial charge in [0, 0.05) is 18.4 Å². The summed E-state index contributed by atoms with van der Waals surface area (Å²) in [4.78, 5) is 21.6. The molecule has 156 valence electrons. The lowest BCUT2D eigenvalue weighted by Crippen LogP contribution is -2.08. The van der Waals surface area contributed by atoms with Crippen molar-refractivity contribution in [2.24, 2.45) is 5.92 Å². The fourth-order valence-electron chi connectivity index (χ4n) is 3.08. The van der Waals surface area contributed by atoms with Gasteiger partial charge in [0.2, 0.25) is 11.9 Å². The fourth-order valence-corrected chi connectivity index (χ4v) is 3.08. The summed E-state index contributed by atoms with van der Waals surface area (Å²) >= 11 is 0. The molecule has 0 bridgehead atoms. The molecule has 1 aliphatic carbocycles. The third kappa shape index (κ3) is 4.74. The fraction of sp³-hybridized carbons (Fsp3) is 0.238. The number of nitrogens with zero attached hydrogens (tertiary/aromatic N) is 6. The lowest BCUT2D eigenvalue weighted by molar-refractivity contribution is 0.422. The highest BCUT2D eigenvalue weighted by atomic mass is 16.5. The maximum absolute atomic E-state index is 5.86. The number of nitrogens with one attached hydrogen (secondary N) is 2. The van der Waals surface area contributed by atoms with Crippen LogP contribution in [0.3, 0.4) is 0 Å². The highest BCUT2D eigenvalue weighted by Gasteiger charge is 2.22. The van der Waals surface area contributed by atoms with E-state index in [1.807, 2.05) is 42.5 Å². The molecule has 10 heteroatoms. The molecule has 0 unspecified atom stereocenters. The molecule has 31 heavy (non-hydrogen) atoms. The van der Waals surface area contributed by atoms with E-state index < -0.39 is 0 Å². The lowest BCUT2D eigenvalue weighted by Gasteiger charge is -2.07. The van der Waals surface area contributed by atoms with Crippen molar-refractivity contribution in [1.82, 2.24) is 30.1 Å². The predicted octanol–water partition coefficient (Wildman–Crippen LogP) is 3.06. The Labute approximate surface area is 178 Å². The van der Waals surface area contributed by atoms with Crippen LogP contribution in [-0.4, -0.2) is 36.6 Å². The van der Waals surface area contributed by atoms with Crippen LogP contribution < -0.4 is 16.4 Å². The molecule has 0 spiro atoms. The Bertz CT molecular complexity index is 1170. The standard InChI is InChI=1S/C21H21N9O/c22-20-27-16(28-21(29-20)25-14-5-2-1-3-6-14)11-17-26-19(31-30-17)18-15(7-4-10-23-18)24-12-13-8-9-13/h1-7,10,13,24H,8-9,11-12H2,(H3,22,25,27,28,29). The summed E-state index contributed by atoms with van der Waals surface area (Å²) in [6.45, 7) is 0.918. The van der Waals surface area contributed by atoms with Crippen molar-refractivity contribution in [1.29, 1.82) is 0 Å². The van der Waals surface area contributed by atoms with Crippen molar-refractivity contribution >= 4 is 23.3 Å². The SMILES string of the molecule is Nc1nc(Cc2noc(-c3ncccc3NCC3CC3)n2)nc(Nc2ccccc2)n1. The molecule has 4 aromatic rings. The molecule has 0 aliphatic heterocycles. The topological polar surface area (TPSA) is 141 Å². The smallest absolute Gasteiger partial charge is 0.278 e. The minimum atomic E-state index is 0.114. The summed E-state index contributed by atoms with van der Waals surface area (Å²) in [6, 6.07) is 13.4. The van der Waals surface area contributed by atoms with E-state index in [1.54, 1.807) is 6.20 Å². The maximum atomic E-state index is 5.86. The van der Waals surface area contributed by atoms with E-state index in [4.69, 9.17) is 10.3 Å². The number of anilines is 4. The second kappa shape index (κ2) is 8.34. The van der Waals surface area contributed by atoms with E-state index in [1.165, 1.54) is 12.8 Å². The quantitative estimate of drug-likeness (QED) is 0.393. The predicted molar refractivity (Wildman–Crippen MR) is 116 cm³/mol. The summed E-state index contributed by atoms with van der Waals surface area (Å²) < 4.78 is 5.46. The summed E-state index contributed by atoms with van der Waals surface area (Å²) in [5.41, 5.74) is 8.22. The zero-order chi connectivity index (χ0) is 21.0. The van der Waals surface area contributed by atoms with Crippen LogP contribution in [0.1, 0.15) is 24.5 Å². The molecule has 0 radical (unpaired) electrons. The zero-order valence-electron chi connectivity index (χ0n) is 16.7. The first-order chi connectivity index (χ1) is 15.2. The molecule has 0 amide bonds. The molecular weight excluding hydrogens is 394 g/mol. The molecule has 3 aromatic heterocycles. The van der Waals surface area contributed by atoms with Gasteiger partial charge in [-0.2, -0.15) is 19.9 Å². The number of hydrogen-bond donors (Lipinski definition) is 3. The minimum absolute atomic E-state index is 0.114. The average Bonchev–Trinajstić information content (AvgIpc) is 3.50. The number of hydrogen-bond acceptors (Lipinski definition) is 10. The number of rotatable bonds is 8. The normalized spacial score (nSPS) is 13.2. The number of nitrogens with two attached hydrogens (primary N) is 1. The highest BCUT2D eigenvalue weighted by Crippen LogP contribution is 2.31. The van der Waals surface area contributed by atoms with Crippen LogP contribution in [0, 0.1) is 5.92 Å². The number of benzene rings is 1.